The average Bonchev–Trinajstić information content (AvgIpc) is 2.93. The summed E-state index contributed by atoms with van der Waals surface area (Å²) in [6.45, 7) is 1.52. The van der Waals surface area contributed by atoms with Gasteiger partial charge in [-0.3, -0.25) is 19.4 Å². The SMILES string of the molecule is O=C(COc1ccc(F)cc1)N1CCCN(C(=O)c2cncc(=O)[nH]2)CC1. The Bertz CT molecular complexity index is 868. The number of aromatic amines is 1. The molecule has 142 valence electrons. The van der Waals surface area contributed by atoms with Gasteiger partial charge < -0.3 is 19.5 Å². The Labute approximate surface area is 154 Å². The Kier molecular flexibility index (Phi) is 5.80. The molecule has 9 heteroatoms. The largest absolute Gasteiger partial charge is 0.484 e. The molecule has 2 heterocycles. The molecule has 1 saturated heterocycles. The number of aromatic nitrogens is 2. The van der Waals surface area contributed by atoms with Crippen molar-refractivity contribution in [2.24, 2.45) is 0 Å². The van der Waals surface area contributed by atoms with Crippen LogP contribution in [0.3, 0.4) is 0 Å². The summed E-state index contributed by atoms with van der Waals surface area (Å²) >= 11 is 0. The zero-order valence-corrected chi connectivity index (χ0v) is 14.6. The van der Waals surface area contributed by atoms with Crippen LogP contribution in [0.5, 0.6) is 5.75 Å². The van der Waals surface area contributed by atoms with Crippen LogP contribution in [0.4, 0.5) is 4.39 Å². The zero-order valence-electron chi connectivity index (χ0n) is 14.6. The van der Waals surface area contributed by atoms with E-state index in [0.717, 1.165) is 6.20 Å². The number of amides is 2. The van der Waals surface area contributed by atoms with Gasteiger partial charge in [-0.15, -0.1) is 0 Å². The Morgan fingerprint density at radius 3 is 2.52 bits per heavy atom. The minimum Gasteiger partial charge on any atom is -0.484 e. The first-order valence-corrected chi connectivity index (χ1v) is 8.52. The van der Waals surface area contributed by atoms with Crippen LogP contribution in [0.15, 0.2) is 41.5 Å². The highest BCUT2D eigenvalue weighted by Gasteiger charge is 2.23. The van der Waals surface area contributed by atoms with Crippen molar-refractivity contribution in [3.63, 3.8) is 0 Å². The van der Waals surface area contributed by atoms with Gasteiger partial charge >= 0.3 is 0 Å². The van der Waals surface area contributed by atoms with Crippen molar-refractivity contribution < 1.29 is 18.7 Å². The number of ether oxygens (including phenoxy) is 1. The average molecular weight is 374 g/mol. The molecule has 2 amide bonds. The van der Waals surface area contributed by atoms with Gasteiger partial charge in [-0.1, -0.05) is 0 Å². The second kappa shape index (κ2) is 8.43. The molecule has 0 spiro atoms. The third kappa shape index (κ3) is 4.90. The van der Waals surface area contributed by atoms with Gasteiger partial charge in [0.05, 0.1) is 12.4 Å². The van der Waals surface area contributed by atoms with Crippen molar-refractivity contribution in [3.8, 4) is 5.75 Å². The van der Waals surface area contributed by atoms with Crippen LogP contribution in [-0.2, 0) is 4.79 Å². The molecule has 1 N–H and O–H groups in total. The highest BCUT2D eigenvalue weighted by atomic mass is 19.1. The first-order chi connectivity index (χ1) is 13.0. The molecule has 1 aliphatic rings. The first kappa shape index (κ1) is 18.6. The van der Waals surface area contributed by atoms with Crippen molar-refractivity contribution in [1.29, 1.82) is 0 Å². The van der Waals surface area contributed by atoms with Crippen LogP contribution < -0.4 is 10.3 Å². The normalized spacial score (nSPS) is 14.6. The number of hydrogen-bond donors (Lipinski definition) is 1. The van der Waals surface area contributed by atoms with Crippen molar-refractivity contribution in [3.05, 3.63) is 58.5 Å². The minimum atomic E-state index is -0.439. The van der Waals surface area contributed by atoms with Crippen LogP contribution in [-0.4, -0.2) is 64.4 Å². The second-order valence-electron chi connectivity index (χ2n) is 6.08. The number of hydrogen-bond acceptors (Lipinski definition) is 5. The zero-order chi connectivity index (χ0) is 19.2. The van der Waals surface area contributed by atoms with Gasteiger partial charge in [-0.25, -0.2) is 4.39 Å². The fraction of sp³-hybridized carbons (Fsp3) is 0.333. The summed E-state index contributed by atoms with van der Waals surface area (Å²) in [5.41, 5.74) is -0.313. The molecule has 8 nitrogen and oxygen atoms in total. The molecule has 1 fully saturated rings. The third-order valence-corrected chi connectivity index (χ3v) is 4.20. The van der Waals surface area contributed by atoms with E-state index in [-0.39, 0.29) is 29.9 Å². The summed E-state index contributed by atoms with van der Waals surface area (Å²) in [5.74, 6) is -0.488. The highest BCUT2D eigenvalue weighted by molar-refractivity contribution is 5.92. The van der Waals surface area contributed by atoms with Gasteiger partial charge in [0.25, 0.3) is 17.4 Å². The van der Waals surface area contributed by atoms with Crippen LogP contribution >= 0.6 is 0 Å². The van der Waals surface area contributed by atoms with Crippen LogP contribution in [0.1, 0.15) is 16.9 Å². The van der Waals surface area contributed by atoms with Crippen LogP contribution in [0, 0.1) is 5.82 Å². The van der Waals surface area contributed by atoms with Crippen molar-refractivity contribution >= 4 is 11.8 Å². The van der Waals surface area contributed by atoms with Crippen molar-refractivity contribution in [2.75, 3.05) is 32.8 Å². The lowest BCUT2D eigenvalue weighted by molar-refractivity contribution is -0.133. The van der Waals surface area contributed by atoms with Gasteiger partial charge in [-0.05, 0) is 30.7 Å². The summed E-state index contributed by atoms with van der Waals surface area (Å²) < 4.78 is 18.3. The smallest absolute Gasteiger partial charge is 0.272 e. The number of halogens is 1. The molecule has 1 aliphatic heterocycles. The van der Waals surface area contributed by atoms with Crippen molar-refractivity contribution in [2.45, 2.75) is 6.42 Å². The highest BCUT2D eigenvalue weighted by Crippen LogP contribution is 2.12. The second-order valence-corrected chi connectivity index (χ2v) is 6.08. The number of carbonyl (C=O) groups excluding carboxylic acids is 2. The van der Waals surface area contributed by atoms with E-state index in [1.54, 1.807) is 9.80 Å². The molecule has 0 atom stereocenters. The molecule has 1 aromatic heterocycles. The molecule has 0 bridgehead atoms. The maximum absolute atomic E-state index is 12.9. The fourth-order valence-electron chi connectivity index (χ4n) is 2.79. The van der Waals surface area contributed by atoms with E-state index in [4.69, 9.17) is 4.74 Å². The van der Waals surface area contributed by atoms with E-state index < -0.39 is 5.56 Å². The maximum Gasteiger partial charge on any atom is 0.272 e. The van der Waals surface area contributed by atoms with E-state index >= 15 is 0 Å². The Balaban J connectivity index is 1.54. The van der Waals surface area contributed by atoms with Gasteiger partial charge in [0, 0.05) is 26.2 Å². The number of nitrogens with zero attached hydrogens (tertiary/aromatic N) is 3. The quantitative estimate of drug-likeness (QED) is 0.848. The monoisotopic (exact) mass is 374 g/mol. The summed E-state index contributed by atoms with van der Waals surface area (Å²) in [4.78, 5) is 45.5. The maximum atomic E-state index is 12.9. The molecule has 2 aromatic rings. The molecule has 27 heavy (non-hydrogen) atoms. The van der Waals surface area contributed by atoms with E-state index in [1.165, 1.54) is 30.5 Å². The minimum absolute atomic E-state index is 0.127. The Hall–Kier alpha value is -3.23. The van der Waals surface area contributed by atoms with Gasteiger partial charge in [0.15, 0.2) is 6.61 Å². The third-order valence-electron chi connectivity index (χ3n) is 4.20. The van der Waals surface area contributed by atoms with Gasteiger partial charge in [0.2, 0.25) is 0 Å². The lowest BCUT2D eigenvalue weighted by Gasteiger charge is -2.22. The number of benzene rings is 1. The summed E-state index contributed by atoms with van der Waals surface area (Å²) in [6, 6.07) is 5.44. The van der Waals surface area contributed by atoms with Gasteiger partial charge in [-0.2, -0.15) is 0 Å². The topological polar surface area (TPSA) is 95.6 Å². The number of nitrogens with one attached hydrogen (secondary N) is 1. The Morgan fingerprint density at radius 1 is 1.07 bits per heavy atom. The molecule has 0 radical (unpaired) electrons. The molecular formula is C18H19FN4O4. The summed E-state index contributed by atoms with van der Waals surface area (Å²) in [5, 5.41) is 0. The molecule has 3 rings (SSSR count). The van der Waals surface area contributed by atoms with Crippen LogP contribution in [0.2, 0.25) is 0 Å². The molecule has 0 aliphatic carbocycles. The predicted molar refractivity (Wildman–Crippen MR) is 93.9 cm³/mol. The van der Waals surface area contributed by atoms with E-state index in [2.05, 4.69) is 9.97 Å². The fourth-order valence-corrected chi connectivity index (χ4v) is 2.79. The van der Waals surface area contributed by atoms with Gasteiger partial charge in [0.1, 0.15) is 17.3 Å². The number of carbonyl (C=O) groups is 2. The number of H-pyrrole nitrogens is 1. The lowest BCUT2D eigenvalue weighted by Crippen LogP contribution is -2.39. The predicted octanol–water partition coefficient (Wildman–Crippen LogP) is 0.662. The van der Waals surface area contributed by atoms with E-state index in [9.17, 15) is 18.8 Å². The Morgan fingerprint density at radius 2 is 1.78 bits per heavy atom. The molecule has 0 unspecified atom stereocenters. The molecule has 0 saturated carbocycles. The number of rotatable bonds is 4. The summed E-state index contributed by atoms with van der Waals surface area (Å²) in [6.07, 6.45) is 3.02. The lowest BCUT2D eigenvalue weighted by atomic mass is 10.3. The first-order valence-electron chi connectivity index (χ1n) is 8.52. The van der Waals surface area contributed by atoms with Crippen LogP contribution in [0.25, 0.3) is 0 Å². The summed E-state index contributed by atoms with van der Waals surface area (Å²) in [7, 11) is 0. The van der Waals surface area contributed by atoms with E-state index in [0.29, 0.717) is 38.3 Å². The standard InChI is InChI=1S/C18H19FN4O4/c19-13-2-4-14(5-3-13)27-12-17(25)22-6-1-7-23(9-8-22)18(26)15-10-20-11-16(24)21-15/h2-5,10-11H,1,6-9,12H2,(H,21,24). The van der Waals surface area contributed by atoms with Crippen molar-refractivity contribution in [1.82, 2.24) is 19.8 Å². The van der Waals surface area contributed by atoms with E-state index in [1.807, 2.05) is 0 Å². The molecule has 1 aromatic carbocycles. The molecular weight excluding hydrogens is 355 g/mol.